The molecule has 0 saturated heterocycles. The van der Waals surface area contributed by atoms with Gasteiger partial charge in [-0.05, 0) is 6.92 Å². The van der Waals surface area contributed by atoms with Gasteiger partial charge in [0.15, 0.2) is 10.9 Å². The summed E-state index contributed by atoms with van der Waals surface area (Å²) in [7, 11) is 0. The summed E-state index contributed by atoms with van der Waals surface area (Å²) in [4.78, 5) is 33.2. The van der Waals surface area contributed by atoms with Crippen LogP contribution < -0.4 is 5.32 Å². The lowest BCUT2D eigenvalue weighted by atomic mass is 10.1. The zero-order valence-corrected chi connectivity index (χ0v) is 10.3. The molecule has 0 rings (SSSR count). The Morgan fingerprint density at radius 2 is 1.73 bits per heavy atom. The Morgan fingerprint density at radius 3 is 2.07 bits per heavy atom. The predicted molar refractivity (Wildman–Crippen MR) is 60.6 cm³/mol. The van der Waals surface area contributed by atoms with Crippen molar-refractivity contribution in [3.05, 3.63) is 0 Å². The highest BCUT2D eigenvalue weighted by molar-refractivity contribution is 8.13. The zero-order valence-electron chi connectivity index (χ0n) is 9.49. The van der Waals surface area contributed by atoms with E-state index in [0.717, 1.165) is 11.8 Å². The molecule has 0 aliphatic heterocycles. The van der Waals surface area contributed by atoms with Gasteiger partial charge in [-0.3, -0.25) is 14.4 Å². The molecule has 0 bridgehead atoms. The number of carbonyl (C=O) groups excluding carboxylic acids is 3. The Bertz CT molecular complexity index is 263. The van der Waals surface area contributed by atoms with Crippen LogP contribution in [-0.2, 0) is 14.4 Å². The van der Waals surface area contributed by atoms with Gasteiger partial charge in [0.05, 0.1) is 6.04 Å². The summed E-state index contributed by atoms with van der Waals surface area (Å²) in [6, 6.07) is -0.561. The maximum absolute atomic E-state index is 11.3. The quantitative estimate of drug-likeness (QED) is 0.766. The van der Waals surface area contributed by atoms with Crippen LogP contribution in [0.25, 0.3) is 0 Å². The lowest BCUT2D eigenvalue weighted by Crippen LogP contribution is -2.43. The van der Waals surface area contributed by atoms with Crippen LogP contribution in [0.15, 0.2) is 0 Å². The Kier molecular flexibility index (Phi) is 6.24. The van der Waals surface area contributed by atoms with Crippen LogP contribution in [0.2, 0.25) is 0 Å². The highest BCUT2D eigenvalue weighted by atomic mass is 32.2. The minimum atomic E-state index is -0.561. The van der Waals surface area contributed by atoms with Crippen molar-refractivity contribution in [3.8, 4) is 0 Å². The number of carbonyl (C=O) groups is 3. The minimum absolute atomic E-state index is 0.0555. The molecule has 5 heteroatoms. The van der Waals surface area contributed by atoms with Gasteiger partial charge in [0.25, 0.3) is 0 Å². The van der Waals surface area contributed by atoms with Crippen molar-refractivity contribution in [1.82, 2.24) is 5.32 Å². The Hall–Kier alpha value is -0.840. The molecule has 1 N–H and O–H groups in total. The summed E-state index contributed by atoms with van der Waals surface area (Å²) < 4.78 is 0. The van der Waals surface area contributed by atoms with E-state index in [2.05, 4.69) is 5.32 Å². The van der Waals surface area contributed by atoms with E-state index in [1.807, 2.05) is 0 Å². The van der Waals surface area contributed by atoms with Crippen LogP contribution in [0, 0.1) is 5.92 Å². The van der Waals surface area contributed by atoms with Crippen LogP contribution in [-0.4, -0.2) is 28.6 Å². The topological polar surface area (TPSA) is 63.2 Å². The molecule has 0 aromatic carbocycles. The molecule has 0 aliphatic carbocycles. The van der Waals surface area contributed by atoms with Crippen molar-refractivity contribution in [3.63, 3.8) is 0 Å². The first-order valence-corrected chi connectivity index (χ1v) is 5.77. The average Bonchev–Trinajstić information content (AvgIpc) is 2.10. The highest BCUT2D eigenvalue weighted by Crippen LogP contribution is 2.05. The fraction of sp³-hybridized carbons (Fsp3) is 0.700. The highest BCUT2D eigenvalue weighted by Gasteiger charge is 2.19. The predicted octanol–water partition coefficient (Wildman–Crippen LogP) is 0.996. The summed E-state index contributed by atoms with van der Waals surface area (Å²) >= 11 is 1.05. The summed E-state index contributed by atoms with van der Waals surface area (Å²) in [5.41, 5.74) is 0. The van der Waals surface area contributed by atoms with Crippen molar-refractivity contribution >= 4 is 28.6 Å². The number of rotatable bonds is 5. The molecule has 0 unspecified atom stereocenters. The van der Waals surface area contributed by atoms with Gasteiger partial charge in [0.1, 0.15) is 0 Å². The van der Waals surface area contributed by atoms with Crippen molar-refractivity contribution in [2.24, 2.45) is 5.92 Å². The van der Waals surface area contributed by atoms with E-state index < -0.39 is 6.04 Å². The molecule has 86 valence electrons. The number of hydrogen-bond acceptors (Lipinski definition) is 4. The Balaban J connectivity index is 4.22. The third-order valence-electron chi connectivity index (χ3n) is 1.78. The van der Waals surface area contributed by atoms with Gasteiger partial charge < -0.3 is 5.32 Å². The molecular weight excluding hydrogens is 214 g/mol. The Morgan fingerprint density at radius 1 is 1.20 bits per heavy atom. The maximum Gasteiger partial charge on any atom is 0.223 e. The van der Waals surface area contributed by atoms with Gasteiger partial charge in [0, 0.05) is 18.6 Å². The van der Waals surface area contributed by atoms with Crippen LogP contribution in [0.5, 0.6) is 0 Å². The fourth-order valence-electron chi connectivity index (χ4n) is 0.800. The van der Waals surface area contributed by atoms with E-state index in [1.54, 1.807) is 13.8 Å². The van der Waals surface area contributed by atoms with Gasteiger partial charge in [0.2, 0.25) is 5.91 Å². The molecule has 4 nitrogen and oxygen atoms in total. The number of ketones is 1. The minimum Gasteiger partial charge on any atom is -0.345 e. The molecule has 0 aliphatic rings. The number of nitrogens with one attached hydrogen (secondary N) is 1. The van der Waals surface area contributed by atoms with E-state index in [1.165, 1.54) is 13.8 Å². The van der Waals surface area contributed by atoms with Crippen LogP contribution in [0.3, 0.4) is 0 Å². The van der Waals surface area contributed by atoms with Crippen LogP contribution in [0.1, 0.15) is 27.7 Å². The van der Waals surface area contributed by atoms with E-state index >= 15 is 0 Å². The first-order chi connectivity index (χ1) is 6.84. The standard InChI is InChI=1S/C10H17NO3S/c1-6(2)10(14)11-9(7(3)12)5-15-8(4)13/h6,9H,5H2,1-4H3,(H,11,14)/t9-/m0/s1. The summed E-state index contributed by atoms with van der Waals surface area (Å²) in [5, 5.41) is 2.55. The number of thioether (sulfide) groups is 1. The van der Waals surface area contributed by atoms with Gasteiger partial charge in [-0.25, -0.2) is 0 Å². The molecule has 0 fully saturated rings. The van der Waals surface area contributed by atoms with Gasteiger partial charge in [-0.1, -0.05) is 25.6 Å². The maximum atomic E-state index is 11.3. The van der Waals surface area contributed by atoms with Crippen LogP contribution >= 0.6 is 11.8 Å². The third kappa shape index (κ3) is 6.28. The zero-order chi connectivity index (χ0) is 12.0. The summed E-state index contributed by atoms with van der Waals surface area (Å²) in [6.07, 6.45) is 0. The summed E-state index contributed by atoms with van der Waals surface area (Å²) in [5.74, 6) is -0.144. The summed E-state index contributed by atoms with van der Waals surface area (Å²) in [6.45, 7) is 6.35. The largest absolute Gasteiger partial charge is 0.345 e. The first-order valence-electron chi connectivity index (χ1n) is 4.78. The second-order valence-electron chi connectivity index (χ2n) is 3.63. The molecule has 1 amide bonds. The van der Waals surface area contributed by atoms with E-state index in [0.29, 0.717) is 5.75 Å². The van der Waals surface area contributed by atoms with Crippen molar-refractivity contribution < 1.29 is 14.4 Å². The number of amides is 1. The van der Waals surface area contributed by atoms with Gasteiger partial charge >= 0.3 is 0 Å². The van der Waals surface area contributed by atoms with E-state index in [9.17, 15) is 14.4 Å². The Labute approximate surface area is 94.2 Å². The van der Waals surface area contributed by atoms with E-state index in [-0.39, 0.29) is 22.7 Å². The monoisotopic (exact) mass is 231 g/mol. The molecule has 0 radical (unpaired) electrons. The fourth-order valence-corrected chi connectivity index (χ4v) is 1.52. The molecule has 15 heavy (non-hydrogen) atoms. The van der Waals surface area contributed by atoms with Crippen molar-refractivity contribution in [1.29, 1.82) is 0 Å². The molecule has 0 spiro atoms. The second kappa shape index (κ2) is 6.61. The molecule has 0 aromatic heterocycles. The number of hydrogen-bond donors (Lipinski definition) is 1. The molecule has 0 heterocycles. The number of Topliss-reactive ketones (excluding diaryl/α,β-unsaturated/α-hetero) is 1. The van der Waals surface area contributed by atoms with Gasteiger partial charge in [-0.15, -0.1) is 0 Å². The van der Waals surface area contributed by atoms with Gasteiger partial charge in [-0.2, -0.15) is 0 Å². The normalized spacial score (nSPS) is 12.3. The smallest absolute Gasteiger partial charge is 0.223 e. The van der Waals surface area contributed by atoms with E-state index in [4.69, 9.17) is 0 Å². The van der Waals surface area contributed by atoms with Crippen LogP contribution in [0.4, 0.5) is 0 Å². The molecule has 1 atom stereocenters. The first kappa shape index (κ1) is 14.2. The molecular formula is C10H17NO3S. The molecule has 0 aromatic rings. The lowest BCUT2D eigenvalue weighted by molar-refractivity contribution is -0.128. The third-order valence-corrected chi connectivity index (χ3v) is 2.69. The van der Waals surface area contributed by atoms with Crippen molar-refractivity contribution in [2.45, 2.75) is 33.7 Å². The average molecular weight is 231 g/mol. The SMILES string of the molecule is CC(=O)SC[C@H](NC(=O)C(C)C)C(C)=O. The second-order valence-corrected chi connectivity index (χ2v) is 4.83. The molecule has 0 saturated carbocycles. The lowest BCUT2D eigenvalue weighted by Gasteiger charge is -2.16. The van der Waals surface area contributed by atoms with Crippen molar-refractivity contribution in [2.75, 3.05) is 5.75 Å².